The van der Waals surface area contributed by atoms with Crippen LogP contribution < -0.4 is 0 Å². The standard InChI is InChI=1S/C45H29N/c1-3-13-30(14-4-1)39-25-32-17-7-9-19-34(32)27-41(39)44-36-21-11-12-22-37(36)45(43-29-46-24-23-38(43)44)42-28-35-20-10-8-18-33(35)26-40(42)31-15-5-2-6-16-31/h1-29H. The maximum Gasteiger partial charge on any atom is 0.0353 e. The molecule has 1 nitrogen and oxygen atoms in total. The molecule has 0 fully saturated rings. The fraction of sp³-hybridized carbons (Fsp3) is 0. The highest BCUT2D eigenvalue weighted by molar-refractivity contribution is 6.24. The van der Waals surface area contributed by atoms with Crippen LogP contribution in [0.2, 0.25) is 0 Å². The molecule has 1 heteroatoms. The van der Waals surface area contributed by atoms with E-state index in [1.807, 2.05) is 6.20 Å². The van der Waals surface area contributed by atoms with E-state index < -0.39 is 0 Å². The second-order valence-corrected chi connectivity index (χ2v) is 11.9. The van der Waals surface area contributed by atoms with E-state index in [1.54, 1.807) is 0 Å². The Balaban J connectivity index is 1.45. The van der Waals surface area contributed by atoms with Crippen LogP contribution in [0.15, 0.2) is 176 Å². The van der Waals surface area contributed by atoms with Gasteiger partial charge in [0.05, 0.1) is 0 Å². The van der Waals surface area contributed by atoms with Gasteiger partial charge in [-0.1, -0.05) is 133 Å². The molecule has 0 N–H and O–H groups in total. The molecule has 9 rings (SSSR count). The summed E-state index contributed by atoms with van der Waals surface area (Å²) in [5, 5.41) is 9.72. The third kappa shape index (κ3) is 4.29. The van der Waals surface area contributed by atoms with Gasteiger partial charge < -0.3 is 0 Å². The van der Waals surface area contributed by atoms with Gasteiger partial charge in [0.2, 0.25) is 0 Å². The molecule has 0 radical (unpaired) electrons. The molecule has 9 aromatic rings. The third-order valence-electron chi connectivity index (χ3n) is 9.31. The summed E-state index contributed by atoms with van der Waals surface area (Å²) in [6.07, 6.45) is 4.00. The fourth-order valence-corrected chi connectivity index (χ4v) is 7.21. The van der Waals surface area contributed by atoms with Gasteiger partial charge in [0, 0.05) is 17.8 Å². The van der Waals surface area contributed by atoms with Crippen molar-refractivity contribution < 1.29 is 0 Å². The van der Waals surface area contributed by atoms with Gasteiger partial charge in [-0.25, -0.2) is 0 Å². The molecule has 46 heavy (non-hydrogen) atoms. The first kappa shape index (κ1) is 26.4. The molecule has 1 aromatic heterocycles. The predicted molar refractivity (Wildman–Crippen MR) is 196 cm³/mol. The lowest BCUT2D eigenvalue weighted by molar-refractivity contribution is 1.37. The van der Waals surface area contributed by atoms with Crippen molar-refractivity contribution in [1.82, 2.24) is 4.98 Å². The Morgan fingerprint density at radius 3 is 1.15 bits per heavy atom. The molecule has 0 aliphatic carbocycles. The summed E-state index contributed by atoms with van der Waals surface area (Å²) in [7, 11) is 0. The monoisotopic (exact) mass is 583 g/mol. The van der Waals surface area contributed by atoms with Crippen LogP contribution in [-0.2, 0) is 0 Å². The maximum atomic E-state index is 4.74. The van der Waals surface area contributed by atoms with E-state index in [-0.39, 0.29) is 0 Å². The van der Waals surface area contributed by atoms with Crippen molar-refractivity contribution in [3.63, 3.8) is 0 Å². The van der Waals surface area contributed by atoms with Gasteiger partial charge in [-0.05, 0) is 113 Å². The van der Waals surface area contributed by atoms with Gasteiger partial charge in [-0.2, -0.15) is 0 Å². The number of rotatable bonds is 4. The summed E-state index contributed by atoms with van der Waals surface area (Å²) in [6.45, 7) is 0. The maximum absolute atomic E-state index is 4.74. The highest BCUT2D eigenvalue weighted by Gasteiger charge is 2.22. The Morgan fingerprint density at radius 1 is 0.304 bits per heavy atom. The summed E-state index contributed by atoms with van der Waals surface area (Å²) in [5.41, 5.74) is 9.76. The second kappa shape index (κ2) is 10.8. The Hall–Kier alpha value is -6.05. The summed E-state index contributed by atoms with van der Waals surface area (Å²) >= 11 is 0. The average Bonchev–Trinajstić information content (AvgIpc) is 3.13. The van der Waals surface area contributed by atoms with Gasteiger partial charge in [0.15, 0.2) is 0 Å². The molecule has 0 aliphatic rings. The van der Waals surface area contributed by atoms with Crippen molar-refractivity contribution >= 4 is 43.1 Å². The van der Waals surface area contributed by atoms with Crippen molar-refractivity contribution in [2.45, 2.75) is 0 Å². The molecule has 0 saturated heterocycles. The average molecular weight is 584 g/mol. The second-order valence-electron chi connectivity index (χ2n) is 11.9. The molecule has 0 saturated carbocycles. The predicted octanol–water partition coefficient (Wildman–Crippen LogP) is 12.4. The van der Waals surface area contributed by atoms with Crippen LogP contribution in [0.4, 0.5) is 0 Å². The van der Waals surface area contributed by atoms with E-state index in [9.17, 15) is 0 Å². The lowest BCUT2D eigenvalue weighted by Crippen LogP contribution is -1.95. The fourth-order valence-electron chi connectivity index (χ4n) is 7.21. The highest BCUT2D eigenvalue weighted by atomic mass is 14.6. The molecule has 0 spiro atoms. The Kier molecular flexibility index (Phi) is 6.21. The number of hydrogen-bond donors (Lipinski definition) is 0. The molecule has 0 unspecified atom stereocenters. The van der Waals surface area contributed by atoms with E-state index in [2.05, 4.69) is 170 Å². The summed E-state index contributed by atoms with van der Waals surface area (Å²) in [5.74, 6) is 0. The SMILES string of the molecule is c1ccc(-c2cc3ccccc3cc2-c2c3ccccc3c(-c3cc4ccccc4cc3-c3ccccc3)c3cnccc23)cc1. The smallest absolute Gasteiger partial charge is 0.0353 e. The minimum Gasteiger partial charge on any atom is -0.264 e. The van der Waals surface area contributed by atoms with E-state index in [1.165, 1.54) is 82.2 Å². The van der Waals surface area contributed by atoms with Crippen LogP contribution in [0.1, 0.15) is 0 Å². The minimum atomic E-state index is 1.15. The van der Waals surface area contributed by atoms with E-state index in [4.69, 9.17) is 4.98 Å². The van der Waals surface area contributed by atoms with E-state index in [0.29, 0.717) is 0 Å². The number of aromatic nitrogens is 1. The van der Waals surface area contributed by atoms with Gasteiger partial charge in [0.25, 0.3) is 0 Å². The third-order valence-corrected chi connectivity index (χ3v) is 9.31. The van der Waals surface area contributed by atoms with E-state index in [0.717, 1.165) is 5.39 Å². The van der Waals surface area contributed by atoms with Crippen LogP contribution in [0, 0.1) is 0 Å². The Bertz CT molecular complexity index is 2330. The molecule has 0 atom stereocenters. The van der Waals surface area contributed by atoms with Gasteiger partial charge in [0.1, 0.15) is 0 Å². The molecular formula is C45H29N. The van der Waals surface area contributed by atoms with Crippen LogP contribution in [0.5, 0.6) is 0 Å². The van der Waals surface area contributed by atoms with Gasteiger partial charge in [-0.15, -0.1) is 0 Å². The minimum absolute atomic E-state index is 1.15. The van der Waals surface area contributed by atoms with Crippen LogP contribution in [0.3, 0.4) is 0 Å². The van der Waals surface area contributed by atoms with Crippen LogP contribution in [0.25, 0.3) is 87.6 Å². The number of pyridine rings is 1. The first-order valence-corrected chi connectivity index (χ1v) is 15.8. The summed E-state index contributed by atoms with van der Waals surface area (Å²) in [6, 6.07) is 59.4. The molecule has 0 aliphatic heterocycles. The van der Waals surface area contributed by atoms with E-state index >= 15 is 0 Å². The van der Waals surface area contributed by atoms with Gasteiger partial charge >= 0.3 is 0 Å². The molecule has 214 valence electrons. The zero-order chi connectivity index (χ0) is 30.5. The van der Waals surface area contributed by atoms with Crippen molar-refractivity contribution in [3.8, 4) is 44.5 Å². The molecule has 0 bridgehead atoms. The number of benzene rings is 8. The zero-order valence-electron chi connectivity index (χ0n) is 25.2. The quantitative estimate of drug-likeness (QED) is 0.188. The Labute approximate surface area is 268 Å². The highest BCUT2D eigenvalue weighted by Crippen LogP contribution is 2.49. The van der Waals surface area contributed by atoms with Crippen molar-refractivity contribution in [1.29, 1.82) is 0 Å². The van der Waals surface area contributed by atoms with Crippen LogP contribution >= 0.6 is 0 Å². The largest absolute Gasteiger partial charge is 0.264 e. The summed E-state index contributed by atoms with van der Waals surface area (Å²) in [4.78, 5) is 4.74. The van der Waals surface area contributed by atoms with Crippen molar-refractivity contribution in [3.05, 3.63) is 176 Å². The van der Waals surface area contributed by atoms with Crippen LogP contribution in [-0.4, -0.2) is 4.98 Å². The number of nitrogens with zero attached hydrogens (tertiary/aromatic N) is 1. The molecular weight excluding hydrogens is 555 g/mol. The zero-order valence-corrected chi connectivity index (χ0v) is 25.2. The van der Waals surface area contributed by atoms with Crippen molar-refractivity contribution in [2.75, 3.05) is 0 Å². The number of hydrogen-bond acceptors (Lipinski definition) is 1. The molecule has 1 heterocycles. The van der Waals surface area contributed by atoms with Crippen molar-refractivity contribution in [2.24, 2.45) is 0 Å². The lowest BCUT2D eigenvalue weighted by atomic mass is 9.81. The summed E-state index contributed by atoms with van der Waals surface area (Å²) < 4.78 is 0. The normalized spacial score (nSPS) is 11.5. The van der Waals surface area contributed by atoms with Gasteiger partial charge in [-0.3, -0.25) is 4.98 Å². The molecule has 0 amide bonds. The first-order chi connectivity index (χ1) is 22.8. The molecule has 8 aromatic carbocycles. The topological polar surface area (TPSA) is 12.9 Å². The number of fused-ring (bicyclic) bond motifs is 4. The lowest BCUT2D eigenvalue weighted by Gasteiger charge is -2.22. The Morgan fingerprint density at radius 2 is 0.674 bits per heavy atom. The first-order valence-electron chi connectivity index (χ1n) is 15.8.